The number of nitrogens with zero attached hydrogens (tertiary/aromatic N) is 1. The van der Waals surface area contributed by atoms with Gasteiger partial charge in [0.05, 0.1) is 4.90 Å². The molecule has 1 aromatic carbocycles. The Morgan fingerprint density at radius 1 is 1.08 bits per heavy atom. The number of rotatable bonds is 4. The molecule has 0 bridgehead atoms. The summed E-state index contributed by atoms with van der Waals surface area (Å²) in [6.07, 6.45) is 6.84. The van der Waals surface area contributed by atoms with Crippen LogP contribution in [0.25, 0.3) is 0 Å². The zero-order chi connectivity index (χ0) is 18.1. The second-order valence-corrected chi connectivity index (χ2v) is 9.57. The molecule has 138 valence electrons. The fourth-order valence-electron chi connectivity index (χ4n) is 3.86. The Bertz CT molecular complexity index is 746. The van der Waals surface area contributed by atoms with Crippen LogP contribution >= 0.6 is 0 Å². The molecule has 0 spiro atoms. The van der Waals surface area contributed by atoms with Crippen molar-refractivity contribution in [3.05, 3.63) is 23.8 Å². The summed E-state index contributed by atoms with van der Waals surface area (Å²) >= 11 is 0. The second-order valence-electron chi connectivity index (χ2n) is 7.67. The van der Waals surface area contributed by atoms with Crippen molar-refractivity contribution >= 4 is 21.6 Å². The van der Waals surface area contributed by atoms with Crippen LogP contribution in [-0.2, 0) is 14.8 Å². The number of hydrogen-bond acceptors (Lipinski definition) is 3. The molecule has 0 radical (unpaired) electrons. The first-order valence-electron chi connectivity index (χ1n) is 9.25. The first kappa shape index (κ1) is 18.4. The maximum absolute atomic E-state index is 13.0. The van der Waals surface area contributed by atoms with Gasteiger partial charge < -0.3 is 5.32 Å². The van der Waals surface area contributed by atoms with E-state index in [0.717, 1.165) is 50.5 Å². The first-order valence-corrected chi connectivity index (χ1v) is 10.7. The number of aryl methyl sites for hydroxylation is 1. The molecule has 0 aromatic heterocycles. The number of carbonyl (C=O) groups excluding carboxylic acids is 1. The third-order valence-corrected chi connectivity index (χ3v) is 7.67. The topological polar surface area (TPSA) is 66.5 Å². The number of piperidine rings is 1. The van der Waals surface area contributed by atoms with Gasteiger partial charge >= 0.3 is 0 Å². The summed E-state index contributed by atoms with van der Waals surface area (Å²) in [5, 5.41) is 2.95. The van der Waals surface area contributed by atoms with Crippen LogP contribution in [0.15, 0.2) is 23.1 Å². The molecule has 1 saturated heterocycles. The van der Waals surface area contributed by atoms with Crippen molar-refractivity contribution < 1.29 is 13.2 Å². The Kier molecular flexibility index (Phi) is 5.21. The standard InChI is InChI=1S/C19H28N2O3S/c1-15-8-9-16(20-18(22)19(2)10-4-5-11-19)14-17(15)25(23,24)21-12-6-3-7-13-21/h8-9,14H,3-7,10-13H2,1-2H3,(H,20,22). The highest BCUT2D eigenvalue weighted by atomic mass is 32.2. The summed E-state index contributed by atoms with van der Waals surface area (Å²) in [6, 6.07) is 5.19. The fourth-order valence-corrected chi connectivity index (χ4v) is 5.63. The van der Waals surface area contributed by atoms with E-state index in [-0.39, 0.29) is 11.3 Å². The summed E-state index contributed by atoms with van der Waals surface area (Å²) in [4.78, 5) is 12.9. The first-order chi connectivity index (χ1) is 11.8. The van der Waals surface area contributed by atoms with Crippen molar-refractivity contribution in [1.29, 1.82) is 0 Å². The van der Waals surface area contributed by atoms with Gasteiger partial charge in [-0.2, -0.15) is 4.31 Å². The maximum Gasteiger partial charge on any atom is 0.243 e. The number of carbonyl (C=O) groups is 1. The van der Waals surface area contributed by atoms with E-state index in [1.807, 2.05) is 6.92 Å². The van der Waals surface area contributed by atoms with Gasteiger partial charge in [-0.05, 0) is 50.3 Å². The average Bonchev–Trinajstić information content (AvgIpc) is 3.05. The van der Waals surface area contributed by atoms with Gasteiger partial charge in [-0.3, -0.25) is 4.79 Å². The zero-order valence-electron chi connectivity index (χ0n) is 15.2. The van der Waals surface area contributed by atoms with Crippen molar-refractivity contribution in [2.75, 3.05) is 18.4 Å². The molecule has 3 rings (SSSR count). The molecule has 5 nitrogen and oxygen atoms in total. The molecule has 0 unspecified atom stereocenters. The van der Waals surface area contributed by atoms with Gasteiger partial charge in [-0.1, -0.05) is 32.3 Å². The van der Waals surface area contributed by atoms with E-state index >= 15 is 0 Å². The van der Waals surface area contributed by atoms with E-state index in [2.05, 4.69) is 5.32 Å². The maximum atomic E-state index is 13.0. The van der Waals surface area contributed by atoms with Crippen LogP contribution < -0.4 is 5.32 Å². The van der Waals surface area contributed by atoms with Crippen LogP contribution in [0.3, 0.4) is 0 Å². The quantitative estimate of drug-likeness (QED) is 0.886. The Morgan fingerprint density at radius 2 is 1.72 bits per heavy atom. The third kappa shape index (κ3) is 3.75. The lowest BCUT2D eigenvalue weighted by molar-refractivity contribution is -0.124. The average molecular weight is 365 g/mol. The summed E-state index contributed by atoms with van der Waals surface area (Å²) < 4.78 is 27.5. The number of sulfonamides is 1. The number of nitrogens with one attached hydrogen (secondary N) is 1. The predicted molar refractivity (Wildman–Crippen MR) is 99.0 cm³/mol. The lowest BCUT2D eigenvalue weighted by Crippen LogP contribution is -2.36. The minimum atomic E-state index is -3.50. The van der Waals surface area contributed by atoms with Crippen LogP contribution in [-0.4, -0.2) is 31.7 Å². The van der Waals surface area contributed by atoms with Crippen LogP contribution in [0, 0.1) is 12.3 Å². The van der Waals surface area contributed by atoms with Crippen molar-refractivity contribution in [3.8, 4) is 0 Å². The van der Waals surface area contributed by atoms with E-state index in [1.54, 1.807) is 29.4 Å². The molecule has 2 aliphatic rings. The molecular weight excluding hydrogens is 336 g/mol. The van der Waals surface area contributed by atoms with E-state index in [9.17, 15) is 13.2 Å². The molecule has 1 N–H and O–H groups in total. The summed E-state index contributed by atoms with van der Waals surface area (Å²) in [5.74, 6) is -0.00447. The van der Waals surface area contributed by atoms with Gasteiger partial charge in [0.15, 0.2) is 0 Å². The Hall–Kier alpha value is -1.40. The molecule has 0 atom stereocenters. The summed E-state index contributed by atoms with van der Waals surface area (Å²) in [6.45, 7) is 4.96. The van der Waals surface area contributed by atoms with E-state index in [1.165, 1.54) is 0 Å². The highest BCUT2D eigenvalue weighted by molar-refractivity contribution is 7.89. The minimum absolute atomic E-state index is 0.00447. The van der Waals surface area contributed by atoms with Crippen molar-refractivity contribution in [3.63, 3.8) is 0 Å². The molecule has 1 amide bonds. The zero-order valence-corrected chi connectivity index (χ0v) is 16.0. The molecule has 1 aromatic rings. The molecule has 1 aliphatic carbocycles. The third-order valence-electron chi connectivity index (χ3n) is 5.63. The van der Waals surface area contributed by atoms with Crippen LogP contribution in [0.2, 0.25) is 0 Å². The van der Waals surface area contributed by atoms with Crippen LogP contribution in [0.5, 0.6) is 0 Å². The minimum Gasteiger partial charge on any atom is -0.326 e. The summed E-state index contributed by atoms with van der Waals surface area (Å²) in [5.41, 5.74) is 0.950. The molecule has 1 saturated carbocycles. The Morgan fingerprint density at radius 3 is 2.36 bits per heavy atom. The van der Waals surface area contributed by atoms with Crippen LogP contribution in [0.1, 0.15) is 57.4 Å². The number of amides is 1. The molecule has 1 heterocycles. The molecule has 25 heavy (non-hydrogen) atoms. The number of hydrogen-bond donors (Lipinski definition) is 1. The monoisotopic (exact) mass is 364 g/mol. The lowest BCUT2D eigenvalue weighted by Gasteiger charge is -2.27. The van der Waals surface area contributed by atoms with Crippen LogP contribution in [0.4, 0.5) is 5.69 Å². The van der Waals surface area contributed by atoms with E-state index < -0.39 is 10.0 Å². The SMILES string of the molecule is Cc1ccc(NC(=O)C2(C)CCCC2)cc1S(=O)(=O)N1CCCCC1. The molecule has 1 aliphatic heterocycles. The van der Waals surface area contributed by atoms with Gasteiger partial charge in [-0.25, -0.2) is 8.42 Å². The lowest BCUT2D eigenvalue weighted by atomic mass is 9.88. The Labute approximate surface area is 150 Å². The number of benzene rings is 1. The van der Waals surface area contributed by atoms with Gasteiger partial charge in [0.1, 0.15) is 0 Å². The molecule has 2 fully saturated rings. The van der Waals surface area contributed by atoms with Gasteiger partial charge in [0, 0.05) is 24.2 Å². The second kappa shape index (κ2) is 7.08. The molecular formula is C19H28N2O3S. The van der Waals surface area contributed by atoms with Crippen molar-refractivity contribution in [1.82, 2.24) is 4.31 Å². The Balaban J connectivity index is 1.84. The van der Waals surface area contributed by atoms with Gasteiger partial charge in [-0.15, -0.1) is 0 Å². The normalized spacial score (nSPS) is 21.2. The van der Waals surface area contributed by atoms with Gasteiger partial charge in [0.2, 0.25) is 15.9 Å². The number of anilines is 1. The van der Waals surface area contributed by atoms with Crippen molar-refractivity contribution in [2.45, 2.75) is 63.7 Å². The van der Waals surface area contributed by atoms with Crippen molar-refractivity contribution in [2.24, 2.45) is 5.41 Å². The van der Waals surface area contributed by atoms with E-state index in [0.29, 0.717) is 23.7 Å². The summed E-state index contributed by atoms with van der Waals surface area (Å²) in [7, 11) is -3.50. The fraction of sp³-hybridized carbons (Fsp3) is 0.632. The van der Waals surface area contributed by atoms with Gasteiger partial charge in [0.25, 0.3) is 0 Å². The smallest absolute Gasteiger partial charge is 0.243 e. The predicted octanol–water partition coefficient (Wildman–Crippen LogP) is 3.69. The highest BCUT2D eigenvalue weighted by Crippen LogP contribution is 2.38. The van der Waals surface area contributed by atoms with E-state index in [4.69, 9.17) is 0 Å². The molecule has 6 heteroatoms. The largest absolute Gasteiger partial charge is 0.326 e. The highest BCUT2D eigenvalue weighted by Gasteiger charge is 2.36.